The Morgan fingerprint density at radius 3 is 2.39 bits per heavy atom. The highest BCUT2D eigenvalue weighted by atomic mass is 16.2. The summed E-state index contributed by atoms with van der Waals surface area (Å²) in [5.74, 6) is 0.414. The lowest BCUT2D eigenvalue weighted by molar-refractivity contribution is -0.116. The summed E-state index contributed by atoms with van der Waals surface area (Å²) in [6, 6.07) is 8.10. The van der Waals surface area contributed by atoms with Crippen LogP contribution in [0.2, 0.25) is 0 Å². The standard InChI is InChI=1S/C13H16N4O/c1-10(2)12-5-3-11(4-6-12)7-13(18)16-17-8-14-15-9-17/h3-6,8-10H,7H2,1-2H3,(H,16,18). The molecule has 18 heavy (non-hydrogen) atoms. The third kappa shape index (κ3) is 3.16. The Hall–Kier alpha value is -2.17. The molecule has 0 aliphatic heterocycles. The molecule has 5 heteroatoms. The third-order valence-corrected chi connectivity index (χ3v) is 2.68. The molecule has 0 bridgehead atoms. The summed E-state index contributed by atoms with van der Waals surface area (Å²) in [5, 5.41) is 7.22. The SMILES string of the molecule is CC(C)c1ccc(CC(=O)Nn2cnnc2)cc1. The number of rotatable bonds is 4. The summed E-state index contributed by atoms with van der Waals surface area (Å²) in [4.78, 5) is 11.7. The van der Waals surface area contributed by atoms with Gasteiger partial charge < -0.3 is 0 Å². The number of nitrogens with one attached hydrogen (secondary N) is 1. The van der Waals surface area contributed by atoms with Gasteiger partial charge in [0.1, 0.15) is 12.7 Å². The summed E-state index contributed by atoms with van der Waals surface area (Å²) < 4.78 is 1.44. The zero-order valence-electron chi connectivity index (χ0n) is 10.5. The van der Waals surface area contributed by atoms with E-state index in [2.05, 4.69) is 41.6 Å². The van der Waals surface area contributed by atoms with Gasteiger partial charge in [-0.2, -0.15) is 0 Å². The van der Waals surface area contributed by atoms with Crippen molar-refractivity contribution in [3.8, 4) is 0 Å². The molecule has 0 saturated heterocycles. The van der Waals surface area contributed by atoms with Gasteiger partial charge in [-0.3, -0.25) is 10.2 Å². The second-order valence-electron chi connectivity index (χ2n) is 4.48. The van der Waals surface area contributed by atoms with Gasteiger partial charge in [-0.15, -0.1) is 10.2 Å². The fourth-order valence-corrected chi connectivity index (χ4v) is 1.65. The average Bonchev–Trinajstić information content (AvgIpc) is 2.82. The Kier molecular flexibility index (Phi) is 3.72. The van der Waals surface area contributed by atoms with Gasteiger partial charge in [0.25, 0.3) is 0 Å². The highest BCUT2D eigenvalue weighted by molar-refractivity contribution is 5.85. The monoisotopic (exact) mass is 244 g/mol. The average molecular weight is 244 g/mol. The molecule has 0 aliphatic carbocycles. The maximum atomic E-state index is 11.7. The zero-order valence-corrected chi connectivity index (χ0v) is 10.5. The lowest BCUT2D eigenvalue weighted by Gasteiger charge is -2.07. The molecule has 0 aliphatic rings. The van der Waals surface area contributed by atoms with Gasteiger partial charge in [-0.25, -0.2) is 4.68 Å². The second kappa shape index (κ2) is 5.44. The van der Waals surface area contributed by atoms with Gasteiger partial charge in [0, 0.05) is 0 Å². The molecule has 2 rings (SSSR count). The topological polar surface area (TPSA) is 59.8 Å². The first kappa shape index (κ1) is 12.3. The Morgan fingerprint density at radius 1 is 1.22 bits per heavy atom. The Labute approximate surface area is 106 Å². The van der Waals surface area contributed by atoms with Crippen LogP contribution in [0.5, 0.6) is 0 Å². The van der Waals surface area contributed by atoms with E-state index in [0.29, 0.717) is 12.3 Å². The lowest BCUT2D eigenvalue weighted by atomic mass is 10.0. The van der Waals surface area contributed by atoms with E-state index in [4.69, 9.17) is 0 Å². The number of hydrogen-bond acceptors (Lipinski definition) is 3. The van der Waals surface area contributed by atoms with Gasteiger partial charge >= 0.3 is 0 Å². The lowest BCUT2D eigenvalue weighted by Crippen LogP contribution is -2.23. The minimum Gasteiger partial charge on any atom is -0.273 e. The smallest absolute Gasteiger partial charge is 0.243 e. The minimum absolute atomic E-state index is 0.0907. The van der Waals surface area contributed by atoms with Crippen molar-refractivity contribution in [2.75, 3.05) is 5.43 Å². The number of carbonyl (C=O) groups is 1. The van der Waals surface area contributed by atoms with Crippen LogP contribution in [0.1, 0.15) is 30.9 Å². The molecule has 0 unspecified atom stereocenters. The van der Waals surface area contributed by atoms with Crippen molar-refractivity contribution >= 4 is 5.91 Å². The van der Waals surface area contributed by atoms with Crippen LogP contribution in [-0.4, -0.2) is 20.8 Å². The van der Waals surface area contributed by atoms with Crippen LogP contribution < -0.4 is 5.43 Å². The van der Waals surface area contributed by atoms with Crippen LogP contribution in [0, 0.1) is 0 Å². The molecule has 0 fully saturated rings. The highest BCUT2D eigenvalue weighted by Crippen LogP contribution is 2.14. The molecule has 0 spiro atoms. The first-order valence-corrected chi connectivity index (χ1v) is 5.88. The van der Waals surface area contributed by atoms with Crippen LogP contribution in [0.4, 0.5) is 0 Å². The van der Waals surface area contributed by atoms with E-state index in [9.17, 15) is 4.79 Å². The molecule has 1 amide bonds. The molecule has 0 radical (unpaired) electrons. The van der Waals surface area contributed by atoms with Gasteiger partial charge in [-0.1, -0.05) is 38.1 Å². The van der Waals surface area contributed by atoms with Crippen molar-refractivity contribution in [1.82, 2.24) is 14.9 Å². The van der Waals surface area contributed by atoms with Crippen molar-refractivity contribution in [3.63, 3.8) is 0 Å². The van der Waals surface area contributed by atoms with Crippen molar-refractivity contribution in [2.24, 2.45) is 0 Å². The van der Waals surface area contributed by atoms with Crippen molar-refractivity contribution in [3.05, 3.63) is 48.0 Å². The molecule has 0 saturated carbocycles. The maximum absolute atomic E-state index is 11.7. The summed E-state index contributed by atoms with van der Waals surface area (Å²) in [6.07, 6.45) is 3.23. The molecular formula is C13H16N4O. The normalized spacial score (nSPS) is 10.6. The number of aromatic nitrogens is 3. The molecule has 1 aromatic carbocycles. The number of hydrogen-bond donors (Lipinski definition) is 1. The van der Waals surface area contributed by atoms with E-state index in [1.165, 1.54) is 22.9 Å². The van der Waals surface area contributed by atoms with E-state index >= 15 is 0 Å². The maximum Gasteiger partial charge on any atom is 0.243 e. The molecule has 5 nitrogen and oxygen atoms in total. The Morgan fingerprint density at radius 2 is 1.83 bits per heavy atom. The van der Waals surface area contributed by atoms with Crippen LogP contribution in [0.3, 0.4) is 0 Å². The second-order valence-corrected chi connectivity index (χ2v) is 4.48. The fraction of sp³-hybridized carbons (Fsp3) is 0.308. The van der Waals surface area contributed by atoms with Crippen molar-refractivity contribution in [2.45, 2.75) is 26.2 Å². The van der Waals surface area contributed by atoms with E-state index in [1.54, 1.807) is 0 Å². The molecular weight excluding hydrogens is 228 g/mol. The minimum atomic E-state index is -0.0907. The molecule has 1 N–H and O–H groups in total. The molecule has 0 atom stereocenters. The van der Waals surface area contributed by atoms with Gasteiger partial charge in [-0.05, 0) is 17.0 Å². The summed E-state index contributed by atoms with van der Waals surface area (Å²) in [5.41, 5.74) is 4.93. The highest BCUT2D eigenvalue weighted by Gasteiger charge is 2.05. The third-order valence-electron chi connectivity index (χ3n) is 2.68. The van der Waals surface area contributed by atoms with E-state index < -0.39 is 0 Å². The molecule has 2 aromatic rings. The zero-order chi connectivity index (χ0) is 13.0. The van der Waals surface area contributed by atoms with E-state index in [0.717, 1.165) is 5.56 Å². The Bertz CT molecular complexity index is 502. The summed E-state index contributed by atoms with van der Waals surface area (Å²) in [6.45, 7) is 4.29. The number of benzene rings is 1. The summed E-state index contributed by atoms with van der Waals surface area (Å²) >= 11 is 0. The fourth-order valence-electron chi connectivity index (χ4n) is 1.65. The van der Waals surface area contributed by atoms with E-state index in [-0.39, 0.29) is 5.91 Å². The van der Waals surface area contributed by atoms with Crippen molar-refractivity contribution < 1.29 is 4.79 Å². The van der Waals surface area contributed by atoms with Crippen LogP contribution in [0.25, 0.3) is 0 Å². The van der Waals surface area contributed by atoms with Gasteiger partial charge in [0.15, 0.2) is 0 Å². The number of carbonyl (C=O) groups excluding carboxylic acids is 1. The summed E-state index contributed by atoms with van der Waals surface area (Å²) in [7, 11) is 0. The molecule has 1 aromatic heterocycles. The first-order valence-electron chi connectivity index (χ1n) is 5.88. The van der Waals surface area contributed by atoms with Gasteiger partial charge in [0.05, 0.1) is 6.42 Å². The number of amides is 1. The van der Waals surface area contributed by atoms with Crippen LogP contribution in [-0.2, 0) is 11.2 Å². The first-order chi connectivity index (χ1) is 8.65. The molecule has 1 heterocycles. The van der Waals surface area contributed by atoms with Crippen molar-refractivity contribution in [1.29, 1.82) is 0 Å². The van der Waals surface area contributed by atoms with Crippen LogP contribution >= 0.6 is 0 Å². The Balaban J connectivity index is 1.95. The predicted molar refractivity (Wildman–Crippen MR) is 68.6 cm³/mol. The predicted octanol–water partition coefficient (Wildman–Crippen LogP) is 1.71. The van der Waals surface area contributed by atoms with Crippen LogP contribution in [0.15, 0.2) is 36.9 Å². The quantitative estimate of drug-likeness (QED) is 0.890. The van der Waals surface area contributed by atoms with Gasteiger partial charge in [0.2, 0.25) is 5.91 Å². The number of nitrogens with zero attached hydrogens (tertiary/aromatic N) is 3. The molecule has 94 valence electrons. The largest absolute Gasteiger partial charge is 0.273 e. The van der Waals surface area contributed by atoms with E-state index in [1.807, 2.05) is 12.1 Å².